The van der Waals surface area contributed by atoms with Crippen molar-refractivity contribution in [3.8, 4) is 17.0 Å². The summed E-state index contributed by atoms with van der Waals surface area (Å²) in [7, 11) is 0. The van der Waals surface area contributed by atoms with E-state index in [1.54, 1.807) is 6.07 Å². The quantitative estimate of drug-likeness (QED) is 0.745. The van der Waals surface area contributed by atoms with Gasteiger partial charge in [0.05, 0.1) is 17.1 Å². The van der Waals surface area contributed by atoms with Crippen molar-refractivity contribution in [1.82, 2.24) is 9.97 Å². The predicted molar refractivity (Wildman–Crippen MR) is 115 cm³/mol. The summed E-state index contributed by atoms with van der Waals surface area (Å²) in [6, 6.07) is 5.49. The van der Waals surface area contributed by atoms with Gasteiger partial charge in [0.15, 0.2) is 5.82 Å². The molecule has 154 valence electrons. The second-order valence-electron chi connectivity index (χ2n) is 8.66. The molecule has 1 aromatic carbocycles. The Bertz CT molecular complexity index is 903. The van der Waals surface area contributed by atoms with E-state index in [1.165, 1.54) is 32.1 Å². The third-order valence-electron chi connectivity index (χ3n) is 6.52. The fourth-order valence-corrected chi connectivity index (χ4v) is 4.50. The van der Waals surface area contributed by atoms with Gasteiger partial charge < -0.3 is 10.4 Å². The van der Waals surface area contributed by atoms with Gasteiger partial charge >= 0.3 is 0 Å². The minimum Gasteiger partial charge on any atom is -0.508 e. The molecule has 1 fully saturated rings. The third-order valence-corrected chi connectivity index (χ3v) is 6.52. The topological polar surface area (TPSA) is 75.1 Å². The lowest BCUT2D eigenvalue weighted by Gasteiger charge is -2.25. The maximum atomic E-state index is 12.6. The molecular formula is C24H31N3O2. The summed E-state index contributed by atoms with van der Waals surface area (Å²) in [6.45, 7) is 3.97. The molecule has 1 unspecified atom stereocenters. The fraction of sp³-hybridized carbons (Fsp3) is 0.542. The van der Waals surface area contributed by atoms with Crippen molar-refractivity contribution in [2.75, 3.05) is 5.32 Å². The van der Waals surface area contributed by atoms with Crippen LogP contribution in [0.2, 0.25) is 0 Å². The predicted octanol–water partition coefficient (Wildman–Crippen LogP) is 5.06. The van der Waals surface area contributed by atoms with Crippen LogP contribution in [0, 0.1) is 11.8 Å². The number of nitrogens with one attached hydrogen (secondary N) is 1. The average molecular weight is 394 g/mol. The molecule has 1 amide bonds. The maximum absolute atomic E-state index is 12.6. The van der Waals surface area contributed by atoms with E-state index in [2.05, 4.69) is 5.32 Å². The number of amides is 1. The Hall–Kier alpha value is -2.43. The number of aryl methyl sites for hydroxylation is 2. The first-order chi connectivity index (χ1) is 14.0. The standard InChI is InChI=1S/C24H31N3O2/c1-3-15(2)24(29)27-23-21(13-16-7-5-4-6-8-16)25-22-19-11-10-18(28)14-17(19)9-12-20(22)26-23/h10-11,14-16,28H,3-9,12-13H2,1-2H3,(H,26,27,29). The highest BCUT2D eigenvalue weighted by Gasteiger charge is 2.25. The van der Waals surface area contributed by atoms with Gasteiger partial charge in [-0.2, -0.15) is 0 Å². The van der Waals surface area contributed by atoms with Crippen molar-refractivity contribution in [3.63, 3.8) is 0 Å². The smallest absolute Gasteiger partial charge is 0.228 e. The number of nitrogens with zero attached hydrogens (tertiary/aromatic N) is 2. The first kappa shape index (κ1) is 19.9. The van der Waals surface area contributed by atoms with Crippen LogP contribution in [-0.4, -0.2) is 21.0 Å². The molecule has 5 nitrogen and oxygen atoms in total. The van der Waals surface area contributed by atoms with E-state index >= 15 is 0 Å². The maximum Gasteiger partial charge on any atom is 0.228 e. The number of hydrogen-bond donors (Lipinski definition) is 2. The lowest BCUT2D eigenvalue weighted by atomic mass is 9.85. The molecule has 0 spiro atoms. The first-order valence-electron chi connectivity index (χ1n) is 11.1. The van der Waals surface area contributed by atoms with E-state index in [1.807, 2.05) is 26.0 Å². The zero-order valence-electron chi connectivity index (χ0n) is 17.5. The lowest BCUT2D eigenvalue weighted by Crippen LogP contribution is -2.24. The van der Waals surface area contributed by atoms with Gasteiger partial charge in [-0.1, -0.05) is 46.0 Å². The number of benzene rings is 1. The molecule has 0 radical (unpaired) electrons. The minimum atomic E-state index is -0.0425. The Kier molecular flexibility index (Phi) is 5.84. The zero-order valence-corrected chi connectivity index (χ0v) is 17.5. The Labute approximate surface area is 173 Å². The van der Waals surface area contributed by atoms with Crippen molar-refractivity contribution < 1.29 is 9.90 Å². The molecule has 1 heterocycles. The van der Waals surface area contributed by atoms with Gasteiger partial charge in [-0.25, -0.2) is 9.97 Å². The van der Waals surface area contributed by atoms with Crippen LogP contribution in [0.15, 0.2) is 18.2 Å². The molecule has 2 aliphatic carbocycles. The van der Waals surface area contributed by atoms with Crippen molar-refractivity contribution in [3.05, 3.63) is 35.2 Å². The van der Waals surface area contributed by atoms with Crippen LogP contribution in [0.4, 0.5) is 5.82 Å². The monoisotopic (exact) mass is 393 g/mol. The SMILES string of the molecule is CCC(C)C(=O)Nc1nc2c(nc1CC1CCCCC1)-c1ccc(O)cc1CC2. The van der Waals surface area contributed by atoms with E-state index in [9.17, 15) is 9.90 Å². The van der Waals surface area contributed by atoms with Crippen LogP contribution >= 0.6 is 0 Å². The second kappa shape index (κ2) is 8.52. The van der Waals surface area contributed by atoms with Crippen molar-refractivity contribution >= 4 is 11.7 Å². The number of fused-ring (bicyclic) bond motifs is 3. The van der Waals surface area contributed by atoms with Crippen molar-refractivity contribution in [1.29, 1.82) is 0 Å². The summed E-state index contributed by atoms with van der Waals surface area (Å²) in [6.07, 6.45) is 9.59. The van der Waals surface area contributed by atoms with Gasteiger partial charge in [0.25, 0.3) is 0 Å². The zero-order chi connectivity index (χ0) is 20.4. The second-order valence-corrected chi connectivity index (χ2v) is 8.66. The largest absolute Gasteiger partial charge is 0.508 e. The highest BCUT2D eigenvalue weighted by Crippen LogP contribution is 2.36. The molecule has 0 saturated heterocycles. The molecule has 1 atom stereocenters. The van der Waals surface area contributed by atoms with Crippen LogP contribution in [0.5, 0.6) is 5.75 Å². The molecule has 29 heavy (non-hydrogen) atoms. The van der Waals surface area contributed by atoms with Gasteiger partial charge in [-0.05, 0) is 55.4 Å². The highest BCUT2D eigenvalue weighted by atomic mass is 16.3. The Morgan fingerprint density at radius 2 is 2.00 bits per heavy atom. The number of phenols is 1. The van der Waals surface area contributed by atoms with E-state index in [4.69, 9.17) is 9.97 Å². The molecule has 2 N–H and O–H groups in total. The van der Waals surface area contributed by atoms with E-state index in [0.717, 1.165) is 53.9 Å². The molecule has 4 rings (SSSR count). The summed E-state index contributed by atoms with van der Waals surface area (Å²) in [5, 5.41) is 12.9. The van der Waals surface area contributed by atoms with Crippen LogP contribution in [0.3, 0.4) is 0 Å². The summed E-state index contributed by atoms with van der Waals surface area (Å²) < 4.78 is 0. The normalized spacial score (nSPS) is 17.3. The van der Waals surface area contributed by atoms with Crippen LogP contribution < -0.4 is 5.32 Å². The van der Waals surface area contributed by atoms with Gasteiger partial charge in [0.1, 0.15) is 5.75 Å². The third kappa shape index (κ3) is 4.29. The minimum absolute atomic E-state index is 0.0211. The van der Waals surface area contributed by atoms with Gasteiger partial charge in [0, 0.05) is 11.5 Å². The molecule has 2 aliphatic rings. The number of rotatable bonds is 5. The van der Waals surface area contributed by atoms with Gasteiger partial charge in [-0.3, -0.25) is 4.79 Å². The number of phenolic OH excluding ortho intramolecular Hbond substituents is 1. The van der Waals surface area contributed by atoms with Crippen molar-refractivity contribution in [2.45, 2.75) is 71.6 Å². The number of anilines is 1. The van der Waals surface area contributed by atoms with Crippen LogP contribution in [0.25, 0.3) is 11.3 Å². The number of hydrogen-bond acceptors (Lipinski definition) is 4. The molecule has 0 aliphatic heterocycles. The summed E-state index contributed by atoms with van der Waals surface area (Å²) in [5.74, 6) is 1.53. The van der Waals surface area contributed by atoms with Gasteiger partial charge in [-0.15, -0.1) is 0 Å². The molecule has 1 aromatic heterocycles. The molecule has 5 heteroatoms. The van der Waals surface area contributed by atoms with E-state index < -0.39 is 0 Å². The van der Waals surface area contributed by atoms with E-state index in [-0.39, 0.29) is 11.8 Å². The number of carbonyl (C=O) groups is 1. The van der Waals surface area contributed by atoms with Gasteiger partial charge in [0.2, 0.25) is 5.91 Å². The number of aromatic hydroxyl groups is 1. The number of aromatic nitrogens is 2. The van der Waals surface area contributed by atoms with Crippen molar-refractivity contribution in [2.24, 2.45) is 11.8 Å². The fourth-order valence-electron chi connectivity index (χ4n) is 4.50. The summed E-state index contributed by atoms with van der Waals surface area (Å²) in [5.41, 5.74) is 4.94. The lowest BCUT2D eigenvalue weighted by molar-refractivity contribution is -0.119. The summed E-state index contributed by atoms with van der Waals surface area (Å²) in [4.78, 5) is 22.5. The molecular weight excluding hydrogens is 362 g/mol. The van der Waals surface area contributed by atoms with Crippen LogP contribution in [-0.2, 0) is 24.1 Å². The number of carbonyl (C=O) groups excluding carboxylic acids is 1. The highest BCUT2D eigenvalue weighted by molar-refractivity contribution is 5.92. The van der Waals surface area contributed by atoms with Crippen LogP contribution in [0.1, 0.15) is 69.3 Å². The average Bonchev–Trinajstić information content (AvgIpc) is 2.74. The first-order valence-corrected chi connectivity index (χ1v) is 11.1. The molecule has 2 aromatic rings. The Morgan fingerprint density at radius 3 is 2.76 bits per heavy atom. The summed E-state index contributed by atoms with van der Waals surface area (Å²) >= 11 is 0. The Balaban J connectivity index is 1.72. The molecule has 1 saturated carbocycles. The van der Waals surface area contributed by atoms with E-state index in [0.29, 0.717) is 17.5 Å². The molecule has 0 bridgehead atoms. The Morgan fingerprint density at radius 1 is 1.21 bits per heavy atom.